The van der Waals surface area contributed by atoms with Crippen molar-refractivity contribution in [3.05, 3.63) is 0 Å². The van der Waals surface area contributed by atoms with Gasteiger partial charge in [0.05, 0.1) is 0 Å². The van der Waals surface area contributed by atoms with Gasteiger partial charge in [-0.25, -0.2) is 4.79 Å². The van der Waals surface area contributed by atoms with Crippen molar-refractivity contribution in [1.29, 1.82) is 5.41 Å². The summed E-state index contributed by atoms with van der Waals surface area (Å²) in [6, 6.07) is -2.19. The van der Waals surface area contributed by atoms with Crippen LogP contribution in [-0.4, -0.2) is 79.3 Å². The Kier molecular flexibility index (Phi) is 10.7. The third-order valence-corrected chi connectivity index (χ3v) is 4.51. The van der Waals surface area contributed by atoms with Gasteiger partial charge in [0.1, 0.15) is 6.04 Å². The molecule has 1 unspecified atom stereocenters. The van der Waals surface area contributed by atoms with E-state index >= 15 is 0 Å². The van der Waals surface area contributed by atoms with E-state index < -0.39 is 24.0 Å². The normalized spacial score (nSPS) is 16.4. The number of aliphatic imine (C=N–C) groups is 1. The van der Waals surface area contributed by atoms with Gasteiger partial charge < -0.3 is 38.1 Å². The van der Waals surface area contributed by atoms with Crippen molar-refractivity contribution < 1.29 is 19.2 Å². The molecule has 0 aromatic carbocycles. The second kappa shape index (κ2) is 13.0. The molecule has 0 aromatic rings. The first-order valence-corrected chi connectivity index (χ1v) is 9.89. The van der Waals surface area contributed by atoms with Crippen LogP contribution in [0.2, 0.25) is 0 Å². The molecule has 1 aliphatic rings. The van der Waals surface area contributed by atoms with E-state index in [1.807, 2.05) is 0 Å². The highest BCUT2D eigenvalue weighted by Crippen LogP contribution is 2.10. The third-order valence-electron chi connectivity index (χ3n) is 4.51. The van der Waals surface area contributed by atoms with Crippen LogP contribution in [0.25, 0.3) is 0 Å². The van der Waals surface area contributed by atoms with Crippen molar-refractivity contribution in [2.24, 2.45) is 22.2 Å². The minimum absolute atomic E-state index is 0.0230. The maximum atomic E-state index is 12.8. The quantitative estimate of drug-likeness (QED) is 0.0925. The number of amides is 5. The summed E-state index contributed by atoms with van der Waals surface area (Å²) in [5.74, 6) is -1.41. The molecule has 1 heterocycles. The van der Waals surface area contributed by atoms with E-state index in [9.17, 15) is 19.2 Å². The van der Waals surface area contributed by atoms with Gasteiger partial charge in [0.15, 0.2) is 5.96 Å². The summed E-state index contributed by atoms with van der Waals surface area (Å²) in [5.41, 5.74) is 15.7. The Bertz CT molecular complexity index is 711. The van der Waals surface area contributed by atoms with E-state index in [0.717, 1.165) is 0 Å². The fourth-order valence-corrected chi connectivity index (χ4v) is 2.88. The van der Waals surface area contributed by atoms with E-state index in [1.54, 1.807) is 0 Å². The lowest BCUT2D eigenvalue weighted by atomic mass is 10.1. The van der Waals surface area contributed by atoms with Crippen LogP contribution in [-0.2, 0) is 14.4 Å². The van der Waals surface area contributed by atoms with E-state index in [0.29, 0.717) is 32.4 Å². The van der Waals surface area contributed by atoms with Gasteiger partial charge in [0.2, 0.25) is 17.8 Å². The zero-order valence-electron chi connectivity index (χ0n) is 17.6. The van der Waals surface area contributed by atoms with E-state index in [1.165, 1.54) is 11.9 Å². The summed E-state index contributed by atoms with van der Waals surface area (Å²) in [6.07, 6.45) is 1.79. The molecule has 31 heavy (non-hydrogen) atoms. The second-order valence-corrected chi connectivity index (χ2v) is 7.03. The van der Waals surface area contributed by atoms with Crippen LogP contribution >= 0.6 is 0 Å². The van der Waals surface area contributed by atoms with Gasteiger partial charge in [0.25, 0.3) is 5.91 Å². The maximum absolute atomic E-state index is 12.8. The molecule has 0 radical (unpaired) electrons. The highest BCUT2D eigenvalue weighted by atomic mass is 16.2. The monoisotopic (exact) mass is 440 g/mol. The minimum atomic E-state index is -0.866. The number of hydrogen-bond donors (Lipinski definition) is 8. The van der Waals surface area contributed by atoms with Crippen molar-refractivity contribution in [2.45, 2.75) is 44.2 Å². The molecule has 11 N–H and O–H groups in total. The Labute approximate surface area is 180 Å². The number of primary amides is 1. The van der Waals surface area contributed by atoms with Crippen LogP contribution in [0.1, 0.15) is 32.1 Å². The molecule has 0 bridgehead atoms. The summed E-state index contributed by atoms with van der Waals surface area (Å²) in [4.78, 5) is 52.9. The Morgan fingerprint density at radius 2 is 2.03 bits per heavy atom. The molecule has 0 fully saturated rings. The predicted octanol–water partition coefficient (Wildman–Crippen LogP) is -3.16. The number of urea groups is 1. The van der Waals surface area contributed by atoms with Gasteiger partial charge in [-0.15, -0.1) is 0 Å². The van der Waals surface area contributed by atoms with Crippen LogP contribution in [0.15, 0.2) is 4.99 Å². The van der Waals surface area contributed by atoms with Crippen molar-refractivity contribution in [2.75, 3.05) is 26.7 Å². The number of carbonyl (C=O) groups excluding carboxylic acids is 4. The molecular formula is C17H32N10O4. The molecule has 0 aromatic heterocycles. The largest absolute Gasteiger partial charge is 0.370 e. The summed E-state index contributed by atoms with van der Waals surface area (Å²) in [7, 11) is 1.47. The van der Waals surface area contributed by atoms with E-state index in [-0.39, 0.29) is 43.1 Å². The molecule has 2 atom stereocenters. The van der Waals surface area contributed by atoms with Crippen LogP contribution in [0.4, 0.5) is 4.79 Å². The Morgan fingerprint density at radius 3 is 2.61 bits per heavy atom. The molecule has 14 heteroatoms. The number of nitrogens with two attached hydrogens (primary N) is 3. The number of hydrogen-bond acceptors (Lipinski definition) is 7. The maximum Gasteiger partial charge on any atom is 0.318 e. The average Bonchev–Trinajstić information content (AvgIpc) is 2.68. The topological polar surface area (TPSA) is 234 Å². The van der Waals surface area contributed by atoms with Gasteiger partial charge in [-0.05, 0) is 25.8 Å². The Balaban J connectivity index is 2.70. The van der Waals surface area contributed by atoms with Crippen LogP contribution in [0.3, 0.4) is 0 Å². The third kappa shape index (κ3) is 9.75. The number of rotatable bonds is 11. The van der Waals surface area contributed by atoms with Crippen molar-refractivity contribution in [3.8, 4) is 0 Å². The highest BCUT2D eigenvalue weighted by Gasteiger charge is 2.31. The molecule has 0 saturated carbocycles. The standard InChI is InChI=1S/C17H32N10O4/c1-27(11-9-23-17(25-14(11)30)26-16(21)31)13(29)8-10(4-3-7-22-15(19)20)24-12(28)5-2-6-18/h10-11H,2-9,18H2,1H3,(H,24,28)(H4,19,20,22)(H4,21,23,25,26,30,31)/t10-,11?/m0/s1. The van der Waals surface area contributed by atoms with Crippen LogP contribution in [0.5, 0.6) is 0 Å². The number of carbonyl (C=O) groups is 4. The number of guanidine groups is 2. The first-order valence-electron chi connectivity index (χ1n) is 9.89. The fraction of sp³-hybridized carbons (Fsp3) is 0.647. The van der Waals surface area contributed by atoms with E-state index in [4.69, 9.17) is 22.6 Å². The minimum Gasteiger partial charge on any atom is -0.370 e. The Hall–Kier alpha value is -3.42. The van der Waals surface area contributed by atoms with Crippen LogP contribution < -0.4 is 38.5 Å². The molecule has 1 rings (SSSR count). The molecular weight excluding hydrogens is 408 g/mol. The van der Waals surface area contributed by atoms with Gasteiger partial charge in [-0.2, -0.15) is 4.99 Å². The smallest absolute Gasteiger partial charge is 0.318 e. The molecule has 0 spiro atoms. The molecule has 14 nitrogen and oxygen atoms in total. The van der Waals surface area contributed by atoms with Crippen molar-refractivity contribution >= 4 is 35.7 Å². The Morgan fingerprint density at radius 1 is 1.32 bits per heavy atom. The second-order valence-electron chi connectivity index (χ2n) is 7.03. The lowest BCUT2D eigenvalue weighted by Gasteiger charge is -2.30. The number of likely N-dealkylation sites (N-methyl/N-ethyl adjacent to an activating group) is 1. The number of nitrogens with one attached hydrogen (secondary N) is 5. The molecule has 5 amide bonds. The average molecular weight is 441 g/mol. The fourth-order valence-electron chi connectivity index (χ4n) is 2.88. The van der Waals surface area contributed by atoms with Crippen molar-refractivity contribution in [1.82, 2.24) is 26.2 Å². The summed E-state index contributed by atoms with van der Waals surface area (Å²) in [5, 5.41) is 17.6. The van der Waals surface area contributed by atoms with Gasteiger partial charge in [0, 0.05) is 39.0 Å². The number of nitrogens with zero attached hydrogens (tertiary/aromatic N) is 2. The molecule has 0 saturated heterocycles. The molecule has 174 valence electrons. The van der Waals surface area contributed by atoms with Crippen molar-refractivity contribution in [3.63, 3.8) is 0 Å². The van der Waals surface area contributed by atoms with Gasteiger partial charge >= 0.3 is 6.03 Å². The zero-order valence-corrected chi connectivity index (χ0v) is 17.6. The first kappa shape index (κ1) is 25.6. The van der Waals surface area contributed by atoms with E-state index in [2.05, 4.69) is 26.3 Å². The van der Waals surface area contributed by atoms with Gasteiger partial charge in [-0.3, -0.25) is 25.1 Å². The highest BCUT2D eigenvalue weighted by molar-refractivity contribution is 6.04. The SMILES string of the molecule is CN(C(=O)C[C@H](CCCNC(=N)N)NC(=O)CCCN)C1CNC(NC(N)=O)=NC1=O. The van der Waals surface area contributed by atoms with Crippen LogP contribution in [0, 0.1) is 5.41 Å². The van der Waals surface area contributed by atoms with Gasteiger partial charge in [-0.1, -0.05) is 0 Å². The summed E-state index contributed by atoms with van der Waals surface area (Å²) in [6.45, 7) is 0.854. The molecule has 1 aliphatic heterocycles. The zero-order chi connectivity index (χ0) is 23.4. The lowest BCUT2D eigenvalue weighted by molar-refractivity contribution is -0.138. The first-order chi connectivity index (χ1) is 14.6. The summed E-state index contributed by atoms with van der Waals surface area (Å²) < 4.78 is 0. The predicted molar refractivity (Wildman–Crippen MR) is 114 cm³/mol. The lowest BCUT2D eigenvalue weighted by Crippen LogP contribution is -2.57. The molecule has 0 aliphatic carbocycles. The summed E-state index contributed by atoms with van der Waals surface area (Å²) >= 11 is 0.